The smallest absolute Gasteiger partial charge is 0.239 e. The van der Waals surface area contributed by atoms with E-state index in [1.54, 1.807) is 0 Å². The van der Waals surface area contributed by atoms with Gasteiger partial charge in [0.25, 0.3) is 0 Å². The van der Waals surface area contributed by atoms with E-state index in [0.717, 1.165) is 6.07 Å². The van der Waals surface area contributed by atoms with Gasteiger partial charge in [-0.3, -0.25) is 0 Å². The summed E-state index contributed by atoms with van der Waals surface area (Å²) in [5, 5.41) is 5.05. The van der Waals surface area contributed by atoms with E-state index >= 15 is 0 Å². The van der Waals surface area contributed by atoms with Crippen molar-refractivity contribution < 1.29 is 16.8 Å². The van der Waals surface area contributed by atoms with E-state index in [-0.39, 0.29) is 15.5 Å². The fourth-order valence-electron chi connectivity index (χ4n) is 1.72. The van der Waals surface area contributed by atoms with Gasteiger partial charge in [0, 0.05) is 5.69 Å². The van der Waals surface area contributed by atoms with Crippen LogP contribution in [0, 0.1) is 0 Å². The molecular formula is C12H12N2O4S2. The number of hydrogen-bond acceptors (Lipinski definition) is 5. The van der Waals surface area contributed by atoms with Crippen molar-refractivity contribution in [1.82, 2.24) is 0 Å². The minimum Gasteiger partial charge on any atom is -0.399 e. The maximum atomic E-state index is 12.5. The van der Waals surface area contributed by atoms with Gasteiger partial charge in [0.15, 0.2) is 0 Å². The molecule has 0 aromatic heterocycles. The molecule has 0 atom stereocenters. The van der Waals surface area contributed by atoms with E-state index < -0.39 is 24.8 Å². The number of sulfonamides is 1. The Labute approximate surface area is 117 Å². The van der Waals surface area contributed by atoms with Gasteiger partial charge in [0.1, 0.15) is 4.90 Å². The first kappa shape index (κ1) is 14.5. The Balaban J connectivity index is 2.75. The third kappa shape index (κ3) is 2.67. The Morgan fingerprint density at radius 2 is 1.40 bits per heavy atom. The lowest BCUT2D eigenvalue weighted by molar-refractivity contribution is 0.583. The molecule has 20 heavy (non-hydrogen) atoms. The first-order valence-electron chi connectivity index (χ1n) is 5.45. The molecular weight excluding hydrogens is 300 g/mol. The van der Waals surface area contributed by atoms with Crippen LogP contribution >= 0.6 is 0 Å². The fraction of sp³-hybridized carbons (Fsp3) is 0. The molecule has 0 aliphatic rings. The molecule has 2 aromatic rings. The lowest BCUT2D eigenvalue weighted by Crippen LogP contribution is -2.16. The molecule has 4 N–H and O–H groups in total. The molecule has 0 aliphatic carbocycles. The molecule has 0 amide bonds. The lowest BCUT2D eigenvalue weighted by atomic mass is 10.3. The van der Waals surface area contributed by atoms with Gasteiger partial charge in [-0.05, 0) is 30.3 Å². The molecule has 0 bridgehead atoms. The molecule has 0 aliphatic heterocycles. The fourth-order valence-corrected chi connectivity index (χ4v) is 4.40. The average molecular weight is 312 g/mol. The van der Waals surface area contributed by atoms with Crippen molar-refractivity contribution in [2.24, 2.45) is 5.14 Å². The van der Waals surface area contributed by atoms with E-state index in [2.05, 4.69) is 0 Å². The van der Waals surface area contributed by atoms with Gasteiger partial charge in [0.2, 0.25) is 19.9 Å². The monoisotopic (exact) mass is 312 g/mol. The van der Waals surface area contributed by atoms with E-state index in [1.807, 2.05) is 0 Å². The zero-order valence-corrected chi connectivity index (χ0v) is 11.9. The van der Waals surface area contributed by atoms with E-state index in [0.29, 0.717) is 0 Å². The maximum Gasteiger partial charge on any atom is 0.239 e. The van der Waals surface area contributed by atoms with Crippen LogP contribution in [0.25, 0.3) is 0 Å². The van der Waals surface area contributed by atoms with E-state index in [9.17, 15) is 16.8 Å². The molecule has 0 fully saturated rings. The van der Waals surface area contributed by atoms with E-state index in [1.165, 1.54) is 42.5 Å². The number of rotatable bonds is 3. The average Bonchev–Trinajstić information content (AvgIpc) is 2.38. The van der Waals surface area contributed by atoms with Crippen molar-refractivity contribution in [2.45, 2.75) is 14.7 Å². The first-order valence-corrected chi connectivity index (χ1v) is 8.48. The highest BCUT2D eigenvalue weighted by Gasteiger charge is 2.25. The van der Waals surface area contributed by atoms with Crippen molar-refractivity contribution >= 4 is 25.5 Å². The molecule has 8 heteroatoms. The molecule has 0 heterocycles. The summed E-state index contributed by atoms with van der Waals surface area (Å²) in [7, 11) is -8.16. The zero-order valence-electron chi connectivity index (χ0n) is 10.2. The molecule has 0 spiro atoms. The number of anilines is 1. The topological polar surface area (TPSA) is 120 Å². The summed E-state index contributed by atoms with van der Waals surface area (Å²) in [4.78, 5) is -0.899. The number of hydrogen-bond donors (Lipinski definition) is 2. The van der Waals surface area contributed by atoms with Gasteiger partial charge in [-0.1, -0.05) is 18.2 Å². The largest absolute Gasteiger partial charge is 0.399 e. The van der Waals surface area contributed by atoms with Crippen LogP contribution in [-0.2, 0) is 19.9 Å². The summed E-state index contributed by atoms with van der Waals surface area (Å²) in [5.74, 6) is 0. The number of benzene rings is 2. The molecule has 0 saturated carbocycles. The molecule has 0 unspecified atom stereocenters. The SMILES string of the molecule is Nc1cccc(S(=O)(=O)c2ccccc2S(N)(=O)=O)c1. The quantitative estimate of drug-likeness (QED) is 0.810. The van der Waals surface area contributed by atoms with Crippen molar-refractivity contribution in [1.29, 1.82) is 0 Å². The number of nitrogen functional groups attached to an aromatic ring is 1. The minimum absolute atomic E-state index is 0.0893. The summed E-state index contributed by atoms with van der Waals surface area (Å²) in [5.41, 5.74) is 5.81. The molecule has 2 aromatic carbocycles. The van der Waals surface area contributed by atoms with Crippen molar-refractivity contribution in [3.8, 4) is 0 Å². The highest BCUT2D eigenvalue weighted by Crippen LogP contribution is 2.27. The van der Waals surface area contributed by atoms with Crippen LogP contribution in [0.2, 0.25) is 0 Å². The van der Waals surface area contributed by atoms with Crippen LogP contribution in [0.3, 0.4) is 0 Å². The van der Waals surface area contributed by atoms with Crippen molar-refractivity contribution in [3.05, 3.63) is 48.5 Å². The van der Waals surface area contributed by atoms with Crippen LogP contribution in [-0.4, -0.2) is 16.8 Å². The number of nitrogens with two attached hydrogens (primary N) is 2. The van der Waals surface area contributed by atoms with Crippen LogP contribution in [0.4, 0.5) is 5.69 Å². The van der Waals surface area contributed by atoms with Gasteiger partial charge in [-0.25, -0.2) is 22.0 Å². The third-order valence-corrected chi connectivity index (χ3v) is 5.52. The molecule has 0 saturated heterocycles. The summed E-state index contributed by atoms with van der Waals surface area (Å²) in [6.45, 7) is 0. The standard InChI is InChI=1S/C12H12N2O4S2/c13-9-4-3-5-10(8-9)19(15,16)11-6-1-2-7-12(11)20(14,17)18/h1-8H,13H2,(H2,14,17,18). The van der Waals surface area contributed by atoms with Crippen LogP contribution in [0.15, 0.2) is 63.2 Å². The third-order valence-electron chi connectivity index (χ3n) is 2.61. The molecule has 2 rings (SSSR count). The van der Waals surface area contributed by atoms with Crippen LogP contribution in [0.5, 0.6) is 0 Å². The first-order chi connectivity index (χ1) is 9.23. The van der Waals surface area contributed by atoms with Crippen molar-refractivity contribution in [3.63, 3.8) is 0 Å². The zero-order chi connectivity index (χ0) is 15.0. The predicted molar refractivity (Wildman–Crippen MR) is 74.1 cm³/mol. The summed E-state index contributed by atoms with van der Waals surface area (Å²) in [6.07, 6.45) is 0. The maximum absolute atomic E-state index is 12.5. The Kier molecular flexibility index (Phi) is 3.55. The second-order valence-electron chi connectivity index (χ2n) is 4.07. The highest BCUT2D eigenvalue weighted by molar-refractivity contribution is 7.93. The Morgan fingerprint density at radius 3 is 1.95 bits per heavy atom. The van der Waals surface area contributed by atoms with E-state index in [4.69, 9.17) is 10.9 Å². The van der Waals surface area contributed by atoms with Crippen molar-refractivity contribution in [2.75, 3.05) is 5.73 Å². The summed E-state index contributed by atoms with van der Waals surface area (Å²) >= 11 is 0. The lowest BCUT2D eigenvalue weighted by Gasteiger charge is -2.09. The Bertz CT molecular complexity index is 859. The second-order valence-corrected chi connectivity index (χ2v) is 7.52. The number of sulfone groups is 1. The van der Waals surface area contributed by atoms with Gasteiger partial charge in [-0.15, -0.1) is 0 Å². The van der Waals surface area contributed by atoms with Gasteiger partial charge in [0.05, 0.1) is 9.79 Å². The van der Waals surface area contributed by atoms with Gasteiger partial charge >= 0.3 is 0 Å². The number of primary sulfonamides is 1. The van der Waals surface area contributed by atoms with Crippen LogP contribution < -0.4 is 10.9 Å². The Hall–Kier alpha value is -1.90. The van der Waals surface area contributed by atoms with Gasteiger partial charge in [-0.2, -0.15) is 0 Å². The highest BCUT2D eigenvalue weighted by atomic mass is 32.2. The minimum atomic E-state index is -4.15. The molecule has 0 radical (unpaired) electrons. The second kappa shape index (κ2) is 4.89. The molecule has 6 nitrogen and oxygen atoms in total. The summed E-state index contributed by atoms with van der Waals surface area (Å²) in [6, 6.07) is 10.8. The molecule has 106 valence electrons. The normalized spacial score (nSPS) is 12.2. The van der Waals surface area contributed by atoms with Crippen LogP contribution in [0.1, 0.15) is 0 Å². The van der Waals surface area contributed by atoms with Gasteiger partial charge < -0.3 is 5.73 Å². The summed E-state index contributed by atoms with van der Waals surface area (Å²) < 4.78 is 47.9. The Morgan fingerprint density at radius 1 is 0.800 bits per heavy atom. The predicted octanol–water partition coefficient (Wildman–Crippen LogP) is 0.749.